The largest absolute Gasteiger partial charge is 0.288 e. The summed E-state index contributed by atoms with van der Waals surface area (Å²) in [6, 6.07) is 5.91. The summed E-state index contributed by atoms with van der Waals surface area (Å²) >= 11 is 13.5. The van der Waals surface area contributed by atoms with E-state index in [4.69, 9.17) is 11.6 Å². The van der Waals surface area contributed by atoms with Gasteiger partial charge in [0.15, 0.2) is 0 Å². The second kappa shape index (κ2) is 5.18. The molecule has 2 aromatic rings. The molecule has 0 spiro atoms. The summed E-state index contributed by atoms with van der Waals surface area (Å²) in [6.07, 6.45) is 0. The first-order valence-corrected chi connectivity index (χ1v) is 7.21. The highest BCUT2D eigenvalue weighted by Gasteiger charge is 2.17. The van der Waals surface area contributed by atoms with Crippen LogP contribution < -0.4 is 0 Å². The van der Waals surface area contributed by atoms with Gasteiger partial charge in [0, 0.05) is 4.47 Å². The van der Waals surface area contributed by atoms with Crippen LogP contribution in [0, 0.1) is 5.82 Å². The molecule has 0 bridgehead atoms. The summed E-state index contributed by atoms with van der Waals surface area (Å²) in [5.41, 5.74) is -0.0208. The van der Waals surface area contributed by atoms with Crippen LogP contribution in [0.25, 0.3) is 0 Å². The fourth-order valence-corrected chi connectivity index (χ4v) is 3.08. The van der Waals surface area contributed by atoms with Crippen molar-refractivity contribution >= 4 is 60.6 Å². The molecule has 1 heterocycles. The Morgan fingerprint density at radius 3 is 2.59 bits per heavy atom. The van der Waals surface area contributed by atoms with Gasteiger partial charge in [-0.05, 0) is 56.1 Å². The molecule has 0 saturated carbocycles. The number of hydrogen-bond acceptors (Lipinski definition) is 2. The first-order chi connectivity index (χ1) is 7.99. The van der Waals surface area contributed by atoms with Gasteiger partial charge in [0.05, 0.1) is 19.2 Å². The Morgan fingerprint density at radius 2 is 2.00 bits per heavy atom. The van der Waals surface area contributed by atoms with Crippen molar-refractivity contribution in [3.63, 3.8) is 0 Å². The monoisotopic (exact) mass is 396 g/mol. The van der Waals surface area contributed by atoms with Crippen molar-refractivity contribution in [2.45, 2.75) is 0 Å². The molecule has 1 aromatic heterocycles. The van der Waals surface area contributed by atoms with Crippen LogP contribution in [0.2, 0.25) is 5.02 Å². The van der Waals surface area contributed by atoms with Crippen LogP contribution in [0.4, 0.5) is 4.39 Å². The third-order valence-corrected chi connectivity index (χ3v) is 4.87. The maximum Gasteiger partial charge on any atom is 0.205 e. The lowest BCUT2D eigenvalue weighted by Gasteiger charge is -2.03. The molecule has 0 fully saturated rings. The molecule has 0 amide bonds. The average molecular weight is 398 g/mol. The fourth-order valence-electron chi connectivity index (χ4n) is 1.27. The van der Waals surface area contributed by atoms with Gasteiger partial charge >= 0.3 is 0 Å². The topological polar surface area (TPSA) is 17.1 Å². The van der Waals surface area contributed by atoms with Crippen LogP contribution in [-0.2, 0) is 0 Å². The van der Waals surface area contributed by atoms with Crippen molar-refractivity contribution < 1.29 is 9.18 Å². The van der Waals surface area contributed by atoms with E-state index in [1.807, 2.05) is 0 Å². The lowest BCUT2D eigenvalue weighted by Crippen LogP contribution is -2.02. The van der Waals surface area contributed by atoms with Crippen LogP contribution in [0.15, 0.2) is 32.5 Å². The Bertz CT molecular complexity index is 597. The third kappa shape index (κ3) is 2.78. The zero-order valence-electron chi connectivity index (χ0n) is 8.14. The van der Waals surface area contributed by atoms with Gasteiger partial charge in [0.1, 0.15) is 5.82 Å². The average Bonchev–Trinajstić information content (AvgIpc) is 2.69. The second-order valence-electron chi connectivity index (χ2n) is 3.18. The molecule has 0 unspecified atom stereocenters. The SMILES string of the molecule is O=C(c1ccc(Br)s1)c1cc(Cl)c(Br)cc1F. The van der Waals surface area contributed by atoms with E-state index >= 15 is 0 Å². The Balaban J connectivity index is 2.47. The molecule has 6 heteroatoms. The predicted molar refractivity (Wildman–Crippen MR) is 74.6 cm³/mol. The first-order valence-electron chi connectivity index (χ1n) is 4.43. The summed E-state index contributed by atoms with van der Waals surface area (Å²) < 4.78 is 14.9. The maximum atomic E-state index is 13.7. The number of carbonyl (C=O) groups is 1. The number of benzene rings is 1. The number of carbonyl (C=O) groups excluding carboxylic acids is 1. The van der Waals surface area contributed by atoms with E-state index in [0.29, 0.717) is 14.4 Å². The van der Waals surface area contributed by atoms with Crippen LogP contribution in [0.5, 0.6) is 0 Å². The quantitative estimate of drug-likeness (QED) is 0.496. The van der Waals surface area contributed by atoms with Crippen molar-refractivity contribution in [3.8, 4) is 0 Å². The number of thiophene rings is 1. The molecule has 2 rings (SSSR count). The highest BCUT2D eigenvalue weighted by atomic mass is 79.9. The zero-order valence-corrected chi connectivity index (χ0v) is 12.9. The van der Waals surface area contributed by atoms with Crippen LogP contribution in [0.1, 0.15) is 15.2 Å². The summed E-state index contributed by atoms with van der Waals surface area (Å²) in [5, 5.41) is 0.311. The van der Waals surface area contributed by atoms with E-state index in [2.05, 4.69) is 31.9 Å². The van der Waals surface area contributed by atoms with Gasteiger partial charge in [-0.15, -0.1) is 11.3 Å². The molecule has 0 atom stereocenters. The normalized spacial score (nSPS) is 10.6. The van der Waals surface area contributed by atoms with Gasteiger partial charge < -0.3 is 0 Å². The van der Waals surface area contributed by atoms with Gasteiger partial charge in [-0.1, -0.05) is 11.6 Å². The molecular formula is C11H4Br2ClFOS. The molecule has 17 heavy (non-hydrogen) atoms. The first kappa shape index (κ1) is 13.2. The maximum absolute atomic E-state index is 13.7. The number of hydrogen-bond donors (Lipinski definition) is 0. The Morgan fingerprint density at radius 1 is 1.29 bits per heavy atom. The lowest BCUT2D eigenvalue weighted by molar-refractivity contribution is 0.103. The highest BCUT2D eigenvalue weighted by Crippen LogP contribution is 2.29. The van der Waals surface area contributed by atoms with Gasteiger partial charge in [0.25, 0.3) is 0 Å². The van der Waals surface area contributed by atoms with E-state index < -0.39 is 5.82 Å². The van der Waals surface area contributed by atoms with Gasteiger partial charge in [-0.2, -0.15) is 0 Å². The van der Waals surface area contributed by atoms with Crippen molar-refractivity contribution in [2.24, 2.45) is 0 Å². The Kier molecular flexibility index (Phi) is 4.02. The molecule has 0 saturated heterocycles. The van der Waals surface area contributed by atoms with E-state index in [1.165, 1.54) is 23.5 Å². The molecule has 88 valence electrons. The second-order valence-corrected chi connectivity index (χ2v) is 6.90. The summed E-state index contributed by atoms with van der Waals surface area (Å²) in [5.74, 6) is -0.955. The highest BCUT2D eigenvalue weighted by molar-refractivity contribution is 9.11. The molecule has 0 N–H and O–H groups in total. The smallest absolute Gasteiger partial charge is 0.205 e. The standard InChI is InChI=1S/C11H4Br2ClFOS/c12-6-4-8(15)5(3-7(6)14)11(16)9-1-2-10(13)17-9/h1-4H. The van der Waals surface area contributed by atoms with Gasteiger partial charge in [-0.3, -0.25) is 4.79 Å². The van der Waals surface area contributed by atoms with Crippen molar-refractivity contribution in [3.05, 3.63) is 53.8 Å². The molecule has 0 aliphatic heterocycles. The summed E-state index contributed by atoms with van der Waals surface area (Å²) in [4.78, 5) is 12.5. The Labute approximate surface area is 123 Å². The summed E-state index contributed by atoms with van der Waals surface area (Å²) in [7, 11) is 0. The van der Waals surface area contributed by atoms with Gasteiger partial charge in [-0.25, -0.2) is 4.39 Å². The molecule has 0 aliphatic carbocycles. The van der Waals surface area contributed by atoms with Crippen molar-refractivity contribution in [1.82, 2.24) is 0 Å². The number of halogens is 4. The number of rotatable bonds is 2. The van der Waals surface area contributed by atoms with Crippen molar-refractivity contribution in [2.75, 3.05) is 0 Å². The van der Waals surface area contributed by atoms with Gasteiger partial charge in [0.2, 0.25) is 5.78 Å². The molecule has 0 radical (unpaired) electrons. The van der Waals surface area contributed by atoms with E-state index in [9.17, 15) is 9.18 Å². The van der Waals surface area contributed by atoms with Crippen LogP contribution >= 0.6 is 54.8 Å². The number of ketones is 1. The van der Waals surface area contributed by atoms with Crippen LogP contribution in [-0.4, -0.2) is 5.78 Å². The van der Waals surface area contributed by atoms with E-state index in [-0.39, 0.29) is 11.3 Å². The minimum atomic E-state index is -0.587. The summed E-state index contributed by atoms with van der Waals surface area (Å²) in [6.45, 7) is 0. The molecular weight excluding hydrogens is 394 g/mol. The third-order valence-electron chi connectivity index (χ3n) is 2.05. The fraction of sp³-hybridized carbons (Fsp3) is 0. The lowest BCUT2D eigenvalue weighted by atomic mass is 10.1. The molecule has 0 aliphatic rings. The van der Waals surface area contributed by atoms with Crippen molar-refractivity contribution in [1.29, 1.82) is 0 Å². The predicted octanol–water partition coefficient (Wildman–Crippen LogP) is 5.30. The molecule has 1 aromatic carbocycles. The minimum absolute atomic E-state index is 0.0208. The zero-order chi connectivity index (χ0) is 12.6. The van der Waals surface area contributed by atoms with E-state index in [0.717, 1.165) is 3.79 Å². The van der Waals surface area contributed by atoms with E-state index in [1.54, 1.807) is 12.1 Å². The van der Waals surface area contributed by atoms with Crippen LogP contribution in [0.3, 0.4) is 0 Å². The Hall–Kier alpha value is -0.230. The molecule has 1 nitrogen and oxygen atoms in total. The minimum Gasteiger partial charge on any atom is -0.288 e.